The summed E-state index contributed by atoms with van der Waals surface area (Å²) in [6.07, 6.45) is 1.28. The zero-order chi connectivity index (χ0) is 14.0. The highest BCUT2D eigenvalue weighted by Gasteiger charge is 2.31. The van der Waals surface area contributed by atoms with Crippen LogP contribution in [0.15, 0.2) is 14.1 Å². The molecular weight excluding hydrogens is 360 g/mol. The van der Waals surface area contributed by atoms with Gasteiger partial charge in [-0.15, -0.1) is 11.3 Å². The average Bonchev–Trinajstić information content (AvgIpc) is 2.68. The smallest absolute Gasteiger partial charge is 0.250 e. The van der Waals surface area contributed by atoms with Gasteiger partial charge in [-0.1, -0.05) is 25.4 Å². The van der Waals surface area contributed by atoms with E-state index in [0.29, 0.717) is 21.7 Å². The van der Waals surface area contributed by atoms with Crippen molar-refractivity contribution in [1.29, 1.82) is 0 Å². The van der Waals surface area contributed by atoms with E-state index in [1.165, 1.54) is 6.07 Å². The van der Waals surface area contributed by atoms with Crippen LogP contribution in [0.5, 0.6) is 0 Å². The summed E-state index contributed by atoms with van der Waals surface area (Å²) in [5.74, 6) is 0. The Kier molecular flexibility index (Phi) is 5.64. The molecular formula is C10H16BrClN2O2S2. The maximum absolute atomic E-state index is 12.3. The van der Waals surface area contributed by atoms with Crippen molar-refractivity contribution in [3.05, 3.63) is 14.9 Å². The van der Waals surface area contributed by atoms with Gasteiger partial charge in [-0.05, 0) is 34.8 Å². The number of halogens is 2. The monoisotopic (exact) mass is 374 g/mol. The van der Waals surface area contributed by atoms with Crippen molar-refractivity contribution in [1.82, 2.24) is 4.72 Å². The largest absolute Gasteiger partial charge is 0.329 e. The molecule has 0 radical (unpaired) electrons. The topological polar surface area (TPSA) is 72.2 Å². The lowest BCUT2D eigenvalue weighted by atomic mass is 9.95. The summed E-state index contributed by atoms with van der Waals surface area (Å²) in [7, 11) is -3.58. The molecule has 3 N–H and O–H groups in total. The molecule has 1 aromatic rings. The first-order valence-electron chi connectivity index (χ1n) is 5.49. The van der Waals surface area contributed by atoms with Crippen LogP contribution in [0.2, 0.25) is 5.02 Å². The van der Waals surface area contributed by atoms with Crippen LogP contribution in [0, 0.1) is 0 Å². The van der Waals surface area contributed by atoms with Crippen molar-refractivity contribution in [2.75, 3.05) is 6.54 Å². The second-order valence-electron chi connectivity index (χ2n) is 3.98. The zero-order valence-corrected chi connectivity index (χ0v) is 14.1. The molecule has 0 saturated heterocycles. The van der Waals surface area contributed by atoms with Crippen molar-refractivity contribution in [3.8, 4) is 0 Å². The number of nitrogens with two attached hydrogens (primary N) is 1. The van der Waals surface area contributed by atoms with E-state index in [2.05, 4.69) is 20.7 Å². The van der Waals surface area contributed by atoms with E-state index >= 15 is 0 Å². The van der Waals surface area contributed by atoms with E-state index in [0.717, 1.165) is 11.3 Å². The highest BCUT2D eigenvalue weighted by atomic mass is 79.9. The summed E-state index contributed by atoms with van der Waals surface area (Å²) in [6, 6.07) is 1.44. The quantitative estimate of drug-likeness (QED) is 0.803. The predicted octanol–water partition coefficient (Wildman–Crippen LogP) is 2.96. The Bertz CT molecular complexity index is 484. The highest BCUT2D eigenvalue weighted by Crippen LogP contribution is 2.35. The minimum absolute atomic E-state index is 0.194. The fourth-order valence-electron chi connectivity index (χ4n) is 1.52. The third-order valence-electron chi connectivity index (χ3n) is 2.98. The minimum Gasteiger partial charge on any atom is -0.329 e. The highest BCUT2D eigenvalue weighted by molar-refractivity contribution is 9.11. The molecule has 0 fully saturated rings. The molecule has 4 nitrogen and oxygen atoms in total. The predicted molar refractivity (Wildman–Crippen MR) is 79.7 cm³/mol. The SMILES string of the molecule is CCC(CC)(CN)NS(=O)(=O)c1cc(Cl)c(Br)s1. The van der Waals surface area contributed by atoms with Crippen LogP contribution < -0.4 is 10.5 Å². The van der Waals surface area contributed by atoms with Gasteiger partial charge in [0.2, 0.25) is 0 Å². The summed E-state index contributed by atoms with van der Waals surface area (Å²) >= 11 is 10.2. The summed E-state index contributed by atoms with van der Waals surface area (Å²) in [5.41, 5.74) is 5.09. The molecule has 8 heteroatoms. The van der Waals surface area contributed by atoms with E-state index < -0.39 is 15.6 Å². The van der Waals surface area contributed by atoms with Crippen molar-refractivity contribution < 1.29 is 8.42 Å². The van der Waals surface area contributed by atoms with E-state index in [1.807, 2.05) is 13.8 Å². The summed E-state index contributed by atoms with van der Waals surface area (Å²) in [5, 5.41) is 0.395. The van der Waals surface area contributed by atoms with Crippen LogP contribution in [0.4, 0.5) is 0 Å². The molecule has 0 amide bonds. The van der Waals surface area contributed by atoms with Crippen LogP contribution in [-0.2, 0) is 10.0 Å². The standard InChI is InChI=1S/C10H16BrClN2O2S2/c1-3-10(4-2,6-13)14-18(15,16)8-5-7(12)9(11)17-8/h5,14H,3-4,6,13H2,1-2H3. The normalized spacial score (nSPS) is 12.9. The maximum atomic E-state index is 12.3. The number of nitrogens with one attached hydrogen (secondary N) is 1. The van der Waals surface area contributed by atoms with Gasteiger partial charge in [0.15, 0.2) is 0 Å². The van der Waals surface area contributed by atoms with Crippen LogP contribution in [0.3, 0.4) is 0 Å². The fourth-order valence-corrected chi connectivity index (χ4v) is 5.47. The van der Waals surface area contributed by atoms with Crippen molar-refractivity contribution >= 4 is 48.9 Å². The third kappa shape index (κ3) is 3.46. The van der Waals surface area contributed by atoms with Gasteiger partial charge >= 0.3 is 0 Å². The molecule has 0 bridgehead atoms. The van der Waals surface area contributed by atoms with Gasteiger partial charge in [-0.3, -0.25) is 0 Å². The molecule has 0 aromatic carbocycles. The number of hydrogen-bond donors (Lipinski definition) is 2. The Labute approximate surface area is 125 Å². The molecule has 0 unspecified atom stereocenters. The Hall–Kier alpha value is 0.340. The van der Waals surface area contributed by atoms with E-state index in [4.69, 9.17) is 17.3 Å². The van der Waals surface area contributed by atoms with Crippen molar-refractivity contribution in [2.45, 2.75) is 36.4 Å². The maximum Gasteiger partial charge on any atom is 0.250 e. The van der Waals surface area contributed by atoms with Gasteiger partial charge in [0.05, 0.1) is 8.81 Å². The summed E-state index contributed by atoms with van der Waals surface area (Å²) < 4.78 is 28.0. The Morgan fingerprint density at radius 1 is 1.50 bits per heavy atom. The Morgan fingerprint density at radius 2 is 2.06 bits per heavy atom. The van der Waals surface area contributed by atoms with E-state index in [-0.39, 0.29) is 10.8 Å². The van der Waals surface area contributed by atoms with E-state index in [1.54, 1.807) is 0 Å². The van der Waals surface area contributed by atoms with Gasteiger partial charge < -0.3 is 5.73 Å². The van der Waals surface area contributed by atoms with Gasteiger partial charge in [0.25, 0.3) is 10.0 Å². The first-order chi connectivity index (χ1) is 8.30. The van der Waals surface area contributed by atoms with Gasteiger partial charge in [-0.2, -0.15) is 0 Å². The van der Waals surface area contributed by atoms with Gasteiger partial charge in [0, 0.05) is 12.1 Å². The lowest BCUT2D eigenvalue weighted by Crippen LogP contribution is -2.52. The van der Waals surface area contributed by atoms with Crippen LogP contribution >= 0.6 is 38.9 Å². The summed E-state index contributed by atoms with van der Waals surface area (Å²) in [6.45, 7) is 4.09. The average molecular weight is 376 g/mol. The lowest BCUT2D eigenvalue weighted by molar-refractivity contribution is 0.363. The lowest BCUT2D eigenvalue weighted by Gasteiger charge is -2.30. The second kappa shape index (κ2) is 6.19. The Morgan fingerprint density at radius 3 is 2.39 bits per heavy atom. The fraction of sp³-hybridized carbons (Fsp3) is 0.600. The molecule has 1 aromatic heterocycles. The number of hydrogen-bond acceptors (Lipinski definition) is 4. The third-order valence-corrected chi connectivity index (χ3v) is 7.51. The van der Waals surface area contributed by atoms with Crippen LogP contribution in [0.1, 0.15) is 26.7 Å². The zero-order valence-electron chi connectivity index (χ0n) is 10.2. The van der Waals surface area contributed by atoms with Crippen molar-refractivity contribution in [2.24, 2.45) is 5.73 Å². The molecule has 0 atom stereocenters. The van der Waals surface area contributed by atoms with E-state index in [9.17, 15) is 8.42 Å². The van der Waals surface area contributed by atoms with Crippen molar-refractivity contribution in [3.63, 3.8) is 0 Å². The number of thiophene rings is 1. The first kappa shape index (κ1) is 16.4. The summed E-state index contributed by atoms with van der Waals surface area (Å²) in [4.78, 5) is 0. The molecule has 0 saturated carbocycles. The Balaban J connectivity index is 3.08. The number of sulfonamides is 1. The molecule has 1 rings (SSSR count). The molecule has 0 spiro atoms. The van der Waals surface area contributed by atoms with Crippen LogP contribution in [0.25, 0.3) is 0 Å². The van der Waals surface area contributed by atoms with Gasteiger partial charge in [-0.25, -0.2) is 13.1 Å². The van der Waals surface area contributed by atoms with Crippen LogP contribution in [-0.4, -0.2) is 20.5 Å². The molecule has 0 aliphatic carbocycles. The second-order valence-corrected chi connectivity index (χ2v) is 8.67. The van der Waals surface area contributed by atoms with Gasteiger partial charge in [0.1, 0.15) is 4.21 Å². The minimum atomic E-state index is -3.58. The molecule has 18 heavy (non-hydrogen) atoms. The molecule has 0 aliphatic heterocycles. The first-order valence-corrected chi connectivity index (χ1v) is 8.96. The number of rotatable bonds is 6. The molecule has 104 valence electrons. The molecule has 0 aliphatic rings. The molecule has 1 heterocycles.